The topological polar surface area (TPSA) is 42.4 Å². The predicted octanol–water partition coefficient (Wildman–Crippen LogP) is 3.74. The van der Waals surface area contributed by atoms with Gasteiger partial charge in [0.25, 0.3) is 0 Å². The summed E-state index contributed by atoms with van der Waals surface area (Å²) in [4.78, 5) is 2.45. The highest BCUT2D eigenvalue weighted by Gasteiger charge is 2.30. The average Bonchev–Trinajstić information content (AvgIpc) is 2.92. The molecule has 0 aromatic carbocycles. The quantitative estimate of drug-likeness (QED) is 0.852. The molecular weight excluding hydrogens is 248 g/mol. The van der Waals surface area contributed by atoms with E-state index in [1.165, 1.54) is 0 Å². The SMILES string of the molecule is CCC(N)C(c1ccco1)N1CC=C(C(C)(C)C)CC1. The fourth-order valence-electron chi connectivity index (χ4n) is 2.96. The predicted molar refractivity (Wildman–Crippen MR) is 83.4 cm³/mol. The Morgan fingerprint density at radius 3 is 2.60 bits per heavy atom. The van der Waals surface area contributed by atoms with Gasteiger partial charge in [0.15, 0.2) is 0 Å². The minimum atomic E-state index is 0.116. The third kappa shape index (κ3) is 3.33. The van der Waals surface area contributed by atoms with Crippen LogP contribution in [0.15, 0.2) is 34.5 Å². The molecule has 0 aliphatic carbocycles. The van der Waals surface area contributed by atoms with Crippen molar-refractivity contribution < 1.29 is 4.42 Å². The first-order valence-electron chi connectivity index (χ1n) is 7.66. The van der Waals surface area contributed by atoms with E-state index in [-0.39, 0.29) is 17.5 Å². The van der Waals surface area contributed by atoms with Crippen molar-refractivity contribution in [3.8, 4) is 0 Å². The van der Waals surface area contributed by atoms with E-state index in [0.29, 0.717) is 0 Å². The summed E-state index contributed by atoms with van der Waals surface area (Å²) in [6, 6.07) is 4.30. The van der Waals surface area contributed by atoms with Gasteiger partial charge in [0.05, 0.1) is 12.3 Å². The first-order chi connectivity index (χ1) is 9.43. The van der Waals surface area contributed by atoms with Gasteiger partial charge in [-0.05, 0) is 30.4 Å². The smallest absolute Gasteiger partial charge is 0.122 e. The summed E-state index contributed by atoms with van der Waals surface area (Å²) in [6.45, 7) is 11.0. The summed E-state index contributed by atoms with van der Waals surface area (Å²) in [6.07, 6.45) is 6.20. The van der Waals surface area contributed by atoms with Gasteiger partial charge >= 0.3 is 0 Å². The number of nitrogens with zero attached hydrogens (tertiary/aromatic N) is 1. The molecule has 2 rings (SSSR count). The molecule has 2 heterocycles. The molecule has 0 bridgehead atoms. The van der Waals surface area contributed by atoms with Gasteiger partial charge < -0.3 is 10.2 Å². The second-order valence-corrected chi connectivity index (χ2v) is 6.76. The summed E-state index contributed by atoms with van der Waals surface area (Å²) < 4.78 is 5.62. The molecule has 0 radical (unpaired) electrons. The molecule has 0 saturated carbocycles. The lowest BCUT2D eigenvalue weighted by Crippen LogP contribution is -2.43. The molecule has 112 valence electrons. The summed E-state index contributed by atoms with van der Waals surface area (Å²) in [5.41, 5.74) is 8.17. The maximum Gasteiger partial charge on any atom is 0.122 e. The molecule has 1 aromatic heterocycles. The third-order valence-corrected chi connectivity index (χ3v) is 4.31. The van der Waals surface area contributed by atoms with Gasteiger partial charge in [-0.1, -0.05) is 39.3 Å². The van der Waals surface area contributed by atoms with E-state index in [4.69, 9.17) is 10.2 Å². The number of rotatable bonds is 4. The molecule has 1 aromatic rings. The van der Waals surface area contributed by atoms with E-state index in [2.05, 4.69) is 38.7 Å². The lowest BCUT2D eigenvalue weighted by atomic mass is 9.82. The van der Waals surface area contributed by atoms with Crippen LogP contribution >= 0.6 is 0 Å². The van der Waals surface area contributed by atoms with Crippen molar-refractivity contribution >= 4 is 0 Å². The van der Waals surface area contributed by atoms with Crippen molar-refractivity contribution in [1.29, 1.82) is 0 Å². The number of hydrogen-bond acceptors (Lipinski definition) is 3. The monoisotopic (exact) mass is 276 g/mol. The van der Waals surface area contributed by atoms with E-state index in [0.717, 1.165) is 31.7 Å². The highest BCUT2D eigenvalue weighted by molar-refractivity contribution is 5.17. The Hall–Kier alpha value is -1.06. The van der Waals surface area contributed by atoms with Crippen molar-refractivity contribution in [3.05, 3.63) is 35.8 Å². The van der Waals surface area contributed by atoms with Crippen molar-refractivity contribution in [2.24, 2.45) is 11.1 Å². The molecule has 3 nitrogen and oxygen atoms in total. The van der Waals surface area contributed by atoms with E-state index < -0.39 is 0 Å². The van der Waals surface area contributed by atoms with Gasteiger partial charge in [-0.15, -0.1) is 0 Å². The molecule has 0 spiro atoms. The Balaban J connectivity index is 2.15. The maximum absolute atomic E-state index is 6.34. The number of nitrogens with two attached hydrogens (primary N) is 1. The van der Waals surface area contributed by atoms with E-state index in [1.807, 2.05) is 12.1 Å². The summed E-state index contributed by atoms with van der Waals surface area (Å²) >= 11 is 0. The average molecular weight is 276 g/mol. The van der Waals surface area contributed by atoms with Gasteiger partial charge in [0.1, 0.15) is 5.76 Å². The number of hydrogen-bond donors (Lipinski definition) is 1. The van der Waals surface area contributed by atoms with Crippen molar-refractivity contribution in [3.63, 3.8) is 0 Å². The fraction of sp³-hybridized carbons (Fsp3) is 0.647. The highest BCUT2D eigenvalue weighted by Crippen LogP contribution is 2.34. The van der Waals surface area contributed by atoms with Gasteiger partial charge in [-0.25, -0.2) is 0 Å². The van der Waals surface area contributed by atoms with E-state index in [9.17, 15) is 0 Å². The second kappa shape index (κ2) is 6.15. The molecule has 2 atom stereocenters. The third-order valence-electron chi connectivity index (χ3n) is 4.31. The fourth-order valence-corrected chi connectivity index (χ4v) is 2.96. The minimum Gasteiger partial charge on any atom is -0.468 e. The lowest BCUT2D eigenvalue weighted by Gasteiger charge is -2.38. The zero-order valence-electron chi connectivity index (χ0n) is 13.2. The van der Waals surface area contributed by atoms with Crippen LogP contribution in [0.25, 0.3) is 0 Å². The van der Waals surface area contributed by atoms with Gasteiger partial charge in [-0.2, -0.15) is 0 Å². The Morgan fingerprint density at radius 1 is 1.40 bits per heavy atom. The van der Waals surface area contributed by atoms with Crippen LogP contribution in [-0.4, -0.2) is 24.0 Å². The van der Waals surface area contributed by atoms with Crippen molar-refractivity contribution in [2.45, 2.75) is 52.6 Å². The number of furan rings is 1. The van der Waals surface area contributed by atoms with E-state index >= 15 is 0 Å². The largest absolute Gasteiger partial charge is 0.468 e. The van der Waals surface area contributed by atoms with Crippen LogP contribution < -0.4 is 5.73 Å². The van der Waals surface area contributed by atoms with Crippen LogP contribution in [0.5, 0.6) is 0 Å². The van der Waals surface area contributed by atoms with Crippen LogP contribution in [0.4, 0.5) is 0 Å². The summed E-state index contributed by atoms with van der Waals surface area (Å²) in [5.74, 6) is 0.993. The molecule has 2 unspecified atom stereocenters. The van der Waals surface area contributed by atoms with Crippen LogP contribution in [0, 0.1) is 5.41 Å². The van der Waals surface area contributed by atoms with Gasteiger partial charge in [-0.3, -0.25) is 4.90 Å². The Bertz CT molecular complexity index is 442. The molecular formula is C17H28N2O. The molecule has 1 aliphatic rings. The summed E-state index contributed by atoms with van der Waals surface area (Å²) in [7, 11) is 0. The Kier molecular flexibility index (Phi) is 4.71. The van der Waals surface area contributed by atoms with Gasteiger partial charge in [0, 0.05) is 19.1 Å². The second-order valence-electron chi connectivity index (χ2n) is 6.76. The first kappa shape index (κ1) is 15.3. The molecule has 1 aliphatic heterocycles. The molecule has 0 fully saturated rings. The highest BCUT2D eigenvalue weighted by atomic mass is 16.3. The molecule has 0 saturated heterocycles. The lowest BCUT2D eigenvalue weighted by molar-refractivity contribution is 0.154. The molecule has 3 heteroatoms. The van der Waals surface area contributed by atoms with Crippen LogP contribution in [0.2, 0.25) is 0 Å². The van der Waals surface area contributed by atoms with E-state index in [1.54, 1.807) is 11.8 Å². The maximum atomic E-state index is 6.34. The van der Waals surface area contributed by atoms with Crippen LogP contribution in [-0.2, 0) is 0 Å². The molecule has 2 N–H and O–H groups in total. The summed E-state index contributed by atoms with van der Waals surface area (Å²) in [5, 5.41) is 0. The van der Waals surface area contributed by atoms with Gasteiger partial charge in [0.2, 0.25) is 0 Å². The van der Waals surface area contributed by atoms with Crippen LogP contribution in [0.3, 0.4) is 0 Å². The van der Waals surface area contributed by atoms with Crippen LogP contribution in [0.1, 0.15) is 52.3 Å². The molecule has 20 heavy (non-hydrogen) atoms. The zero-order chi connectivity index (χ0) is 14.8. The normalized spacial score (nSPS) is 20.6. The molecule has 0 amide bonds. The zero-order valence-corrected chi connectivity index (χ0v) is 13.2. The first-order valence-corrected chi connectivity index (χ1v) is 7.66. The van der Waals surface area contributed by atoms with Crippen molar-refractivity contribution in [2.75, 3.05) is 13.1 Å². The minimum absolute atomic E-state index is 0.116. The van der Waals surface area contributed by atoms with Crippen molar-refractivity contribution in [1.82, 2.24) is 4.90 Å². The standard InChI is InChI=1S/C17H28N2O/c1-5-14(18)16(15-7-6-12-20-15)19-10-8-13(9-11-19)17(2,3)4/h6-8,12,14,16H,5,9-11,18H2,1-4H3. The Morgan fingerprint density at radius 2 is 2.15 bits per heavy atom. The Labute approximate surface area is 122 Å².